The van der Waals surface area contributed by atoms with Crippen LogP contribution in [0.25, 0.3) is 22.1 Å². The predicted octanol–water partition coefficient (Wildman–Crippen LogP) is 4.55. The molecule has 4 N–H and O–H groups in total. The first kappa shape index (κ1) is 23.0. The Morgan fingerprint density at radius 3 is 2.37 bits per heavy atom. The van der Waals surface area contributed by atoms with Gasteiger partial charge < -0.3 is 20.8 Å². The van der Waals surface area contributed by atoms with Crippen molar-refractivity contribution in [2.45, 2.75) is 31.7 Å². The van der Waals surface area contributed by atoms with Crippen molar-refractivity contribution in [1.82, 2.24) is 5.32 Å². The fourth-order valence-electron chi connectivity index (χ4n) is 5.02. The Hall–Kier alpha value is -3.74. The molecule has 0 saturated heterocycles. The molecule has 0 fully saturated rings. The Balaban J connectivity index is 1.35. The van der Waals surface area contributed by atoms with Gasteiger partial charge in [-0.1, -0.05) is 48.5 Å². The summed E-state index contributed by atoms with van der Waals surface area (Å²) in [6, 6.07) is 23.4. The predicted molar refractivity (Wildman–Crippen MR) is 140 cm³/mol. The number of carbonyl (C=O) groups is 1. The monoisotopic (exact) mass is 467 g/mol. The average Bonchev–Trinajstić information content (AvgIpc) is 3.17. The molecule has 6 nitrogen and oxygen atoms in total. The van der Waals surface area contributed by atoms with Gasteiger partial charge in [-0.15, -0.1) is 0 Å². The van der Waals surface area contributed by atoms with Gasteiger partial charge in [0.25, 0.3) is 0 Å². The van der Waals surface area contributed by atoms with Crippen LogP contribution >= 0.6 is 0 Å². The van der Waals surface area contributed by atoms with Crippen LogP contribution in [0, 0.1) is 6.92 Å². The van der Waals surface area contributed by atoms with Crippen LogP contribution in [0.3, 0.4) is 0 Å². The second kappa shape index (κ2) is 9.86. The molecule has 1 atom stereocenters. The van der Waals surface area contributed by atoms with E-state index in [0.29, 0.717) is 30.8 Å². The molecule has 0 saturated carbocycles. The van der Waals surface area contributed by atoms with Crippen LogP contribution in [-0.2, 0) is 4.79 Å². The number of nitrogens with two attached hydrogens (primary N) is 1. The summed E-state index contributed by atoms with van der Waals surface area (Å²) in [6.45, 7) is 3.02. The fraction of sp³-hybridized carbons (Fsp3) is 0.241. The van der Waals surface area contributed by atoms with Gasteiger partial charge in [-0.25, -0.2) is 4.79 Å². The molecule has 0 aliphatic heterocycles. The minimum atomic E-state index is -0.405. The molecular formula is C29H29N3O3. The minimum Gasteiger partial charge on any atom is -0.423 e. The van der Waals surface area contributed by atoms with Crippen molar-refractivity contribution >= 4 is 22.6 Å². The third-order valence-electron chi connectivity index (χ3n) is 6.76. The summed E-state index contributed by atoms with van der Waals surface area (Å²) in [5.41, 5.74) is 12.3. The SMILES string of the molecule is Cc1cc(=O)oc2cc(NC(=O)[C@H](CCCN)NCC3c4ccccc4-c4ccccc43)ccc12. The molecule has 0 spiro atoms. The fourth-order valence-corrected chi connectivity index (χ4v) is 5.02. The maximum absolute atomic E-state index is 13.3. The normalized spacial score (nSPS) is 13.4. The van der Waals surface area contributed by atoms with Crippen molar-refractivity contribution in [3.05, 3.63) is 99.9 Å². The molecule has 1 aliphatic rings. The van der Waals surface area contributed by atoms with Gasteiger partial charge in [-0.3, -0.25) is 4.79 Å². The van der Waals surface area contributed by atoms with Gasteiger partial charge in [-0.05, 0) is 66.3 Å². The first-order valence-electron chi connectivity index (χ1n) is 12.0. The highest BCUT2D eigenvalue weighted by Crippen LogP contribution is 2.44. The second-order valence-electron chi connectivity index (χ2n) is 9.07. The van der Waals surface area contributed by atoms with E-state index in [1.807, 2.05) is 19.1 Å². The van der Waals surface area contributed by atoms with Crippen molar-refractivity contribution in [2.24, 2.45) is 5.73 Å². The summed E-state index contributed by atoms with van der Waals surface area (Å²) in [6.07, 6.45) is 1.36. The van der Waals surface area contributed by atoms with Crippen LogP contribution in [-0.4, -0.2) is 25.0 Å². The molecule has 1 amide bonds. The number of hydrogen-bond donors (Lipinski definition) is 3. The highest BCUT2D eigenvalue weighted by molar-refractivity contribution is 5.96. The zero-order chi connectivity index (χ0) is 24.4. The van der Waals surface area contributed by atoms with Crippen LogP contribution in [0.15, 0.2) is 82.0 Å². The molecule has 0 unspecified atom stereocenters. The summed E-state index contributed by atoms with van der Waals surface area (Å²) in [5.74, 6) is 0.0425. The third-order valence-corrected chi connectivity index (χ3v) is 6.76. The maximum Gasteiger partial charge on any atom is 0.336 e. The Morgan fingerprint density at radius 2 is 1.69 bits per heavy atom. The van der Waals surface area contributed by atoms with Gasteiger partial charge in [0, 0.05) is 35.7 Å². The van der Waals surface area contributed by atoms with E-state index in [2.05, 4.69) is 59.2 Å². The standard InChI is InChI=1S/C29H29N3O3/c1-18-15-28(33)35-27-16-19(12-13-20(18)27)32-29(34)26(11-6-14-30)31-17-25-23-9-4-2-7-21(23)22-8-3-5-10-24(22)25/h2-5,7-10,12-13,15-16,25-26,31H,6,11,14,17,30H2,1H3,(H,32,34)/t26-/m0/s1. The zero-order valence-corrected chi connectivity index (χ0v) is 19.7. The number of fused-ring (bicyclic) bond motifs is 4. The van der Waals surface area contributed by atoms with Gasteiger partial charge in [0.1, 0.15) is 5.58 Å². The van der Waals surface area contributed by atoms with E-state index >= 15 is 0 Å². The number of aryl methyl sites for hydroxylation is 1. The minimum absolute atomic E-state index is 0.132. The van der Waals surface area contributed by atoms with E-state index in [1.54, 1.807) is 6.07 Å². The smallest absolute Gasteiger partial charge is 0.336 e. The van der Waals surface area contributed by atoms with Gasteiger partial charge >= 0.3 is 5.63 Å². The number of carbonyl (C=O) groups excluding carboxylic acids is 1. The lowest BCUT2D eigenvalue weighted by Crippen LogP contribution is -2.42. The van der Waals surface area contributed by atoms with Crippen LogP contribution in [0.1, 0.15) is 35.4 Å². The van der Waals surface area contributed by atoms with Crippen molar-refractivity contribution < 1.29 is 9.21 Å². The quantitative estimate of drug-likeness (QED) is 0.330. The molecule has 35 heavy (non-hydrogen) atoms. The topological polar surface area (TPSA) is 97.4 Å². The number of rotatable bonds is 8. The van der Waals surface area contributed by atoms with Crippen molar-refractivity contribution in [2.75, 3.05) is 18.4 Å². The van der Waals surface area contributed by atoms with Crippen molar-refractivity contribution in [3.8, 4) is 11.1 Å². The first-order valence-corrected chi connectivity index (χ1v) is 12.0. The van der Waals surface area contributed by atoms with Crippen LogP contribution in [0.2, 0.25) is 0 Å². The molecular weight excluding hydrogens is 438 g/mol. The zero-order valence-electron chi connectivity index (χ0n) is 19.7. The van der Waals surface area contributed by atoms with Gasteiger partial charge in [0.15, 0.2) is 0 Å². The first-order chi connectivity index (χ1) is 17.0. The molecule has 6 heteroatoms. The third kappa shape index (κ3) is 4.63. The average molecular weight is 468 g/mol. The molecule has 178 valence electrons. The summed E-state index contributed by atoms with van der Waals surface area (Å²) in [7, 11) is 0. The van der Waals surface area contributed by atoms with Crippen LogP contribution in [0.4, 0.5) is 5.69 Å². The van der Waals surface area contributed by atoms with Gasteiger partial charge in [-0.2, -0.15) is 0 Å². The van der Waals surface area contributed by atoms with E-state index < -0.39 is 11.7 Å². The van der Waals surface area contributed by atoms with E-state index in [-0.39, 0.29) is 11.8 Å². The van der Waals surface area contributed by atoms with Crippen LogP contribution < -0.4 is 22.0 Å². The van der Waals surface area contributed by atoms with E-state index in [0.717, 1.165) is 17.4 Å². The Kier molecular flexibility index (Phi) is 6.49. The number of hydrogen-bond acceptors (Lipinski definition) is 5. The number of anilines is 1. The molecule has 1 aromatic heterocycles. The molecule has 0 radical (unpaired) electrons. The molecule has 4 aromatic rings. The second-order valence-corrected chi connectivity index (χ2v) is 9.07. The summed E-state index contributed by atoms with van der Waals surface area (Å²) < 4.78 is 5.33. The molecule has 3 aromatic carbocycles. The largest absolute Gasteiger partial charge is 0.423 e. The lowest BCUT2D eigenvalue weighted by molar-refractivity contribution is -0.118. The van der Waals surface area contributed by atoms with Crippen molar-refractivity contribution in [3.63, 3.8) is 0 Å². The molecule has 1 heterocycles. The summed E-state index contributed by atoms with van der Waals surface area (Å²) >= 11 is 0. The number of amides is 1. The summed E-state index contributed by atoms with van der Waals surface area (Å²) in [5, 5.41) is 7.35. The Bertz CT molecular complexity index is 1400. The highest BCUT2D eigenvalue weighted by Gasteiger charge is 2.29. The van der Waals surface area contributed by atoms with E-state index in [1.165, 1.54) is 28.3 Å². The molecule has 0 bridgehead atoms. The summed E-state index contributed by atoms with van der Waals surface area (Å²) in [4.78, 5) is 25.1. The van der Waals surface area contributed by atoms with E-state index in [4.69, 9.17) is 10.2 Å². The lowest BCUT2D eigenvalue weighted by atomic mass is 9.96. The van der Waals surface area contributed by atoms with Gasteiger partial charge in [0.05, 0.1) is 6.04 Å². The molecule has 5 rings (SSSR count). The Labute approximate surface area is 204 Å². The van der Waals surface area contributed by atoms with Gasteiger partial charge in [0.2, 0.25) is 5.91 Å². The van der Waals surface area contributed by atoms with Crippen molar-refractivity contribution in [1.29, 1.82) is 0 Å². The maximum atomic E-state index is 13.3. The Morgan fingerprint density at radius 1 is 1.00 bits per heavy atom. The number of benzene rings is 3. The highest BCUT2D eigenvalue weighted by atomic mass is 16.4. The lowest BCUT2D eigenvalue weighted by Gasteiger charge is -2.22. The number of nitrogens with one attached hydrogen (secondary N) is 2. The van der Waals surface area contributed by atoms with E-state index in [9.17, 15) is 9.59 Å². The molecule has 1 aliphatic carbocycles. The van der Waals surface area contributed by atoms with Crippen LogP contribution in [0.5, 0.6) is 0 Å².